The second-order valence-corrected chi connectivity index (χ2v) is 11.5. The van der Waals surface area contributed by atoms with Crippen molar-refractivity contribution in [2.24, 2.45) is 0 Å². The number of anilines is 1. The number of fused-ring (bicyclic) bond motifs is 4. The van der Waals surface area contributed by atoms with Crippen LogP contribution in [-0.2, 0) is 11.8 Å². The maximum atomic E-state index is 9.42. The van der Waals surface area contributed by atoms with E-state index in [0.29, 0.717) is 11.6 Å². The van der Waals surface area contributed by atoms with Crippen LogP contribution in [0.2, 0.25) is 0 Å². The van der Waals surface area contributed by atoms with E-state index in [0.717, 1.165) is 36.0 Å². The molecule has 0 amide bonds. The first-order valence-electron chi connectivity index (χ1n) is 14.3. The van der Waals surface area contributed by atoms with Crippen molar-refractivity contribution in [3.05, 3.63) is 70.4 Å². The average Bonchev–Trinajstić information content (AvgIpc) is 3.31. The monoisotopic (exact) mass is 494 g/mol. The predicted molar refractivity (Wildman–Crippen MR) is 156 cm³/mol. The average molecular weight is 495 g/mol. The Hall–Kier alpha value is -3.03. The molecule has 2 aromatic carbocycles. The van der Waals surface area contributed by atoms with E-state index in [1.807, 2.05) is 12.1 Å². The van der Waals surface area contributed by atoms with Gasteiger partial charge in [0, 0.05) is 52.4 Å². The number of hydrogen-bond acceptors (Lipinski definition) is 3. The number of nitrogens with one attached hydrogen (secondary N) is 1. The van der Waals surface area contributed by atoms with Gasteiger partial charge < -0.3 is 14.8 Å². The summed E-state index contributed by atoms with van der Waals surface area (Å²) in [5.74, 6) is 0. The van der Waals surface area contributed by atoms with Crippen LogP contribution in [0.25, 0.3) is 16.5 Å². The lowest BCUT2D eigenvalue weighted by Crippen LogP contribution is -2.45. The Morgan fingerprint density at radius 1 is 1.08 bits per heavy atom. The van der Waals surface area contributed by atoms with Crippen molar-refractivity contribution in [1.29, 1.82) is 5.26 Å². The largest absolute Gasteiger partial charge is 0.371 e. The quantitative estimate of drug-likeness (QED) is 0.372. The highest BCUT2D eigenvalue weighted by atomic mass is 15.2. The minimum atomic E-state index is -0.184. The van der Waals surface area contributed by atoms with Crippen molar-refractivity contribution in [1.82, 2.24) is 9.88 Å². The van der Waals surface area contributed by atoms with Gasteiger partial charge in [-0.1, -0.05) is 47.3 Å². The number of piperidine rings is 1. The molecule has 4 heteroatoms. The van der Waals surface area contributed by atoms with E-state index in [1.165, 1.54) is 72.4 Å². The molecule has 0 saturated carbocycles. The highest BCUT2D eigenvalue weighted by Gasteiger charge is 2.38. The SMILES string of the molecule is C=C1c2cc(CC)c(N3CCC(N(CCC)CCC)CC3)cc2C(C)(C)c2[nH]c3cc(C#N)ccc3c21. The van der Waals surface area contributed by atoms with Crippen LogP contribution in [0.15, 0.2) is 36.9 Å². The Morgan fingerprint density at radius 2 is 1.78 bits per heavy atom. The molecule has 1 saturated heterocycles. The molecule has 194 valence electrons. The molecule has 4 nitrogen and oxygen atoms in total. The number of nitrogens with zero attached hydrogens (tertiary/aromatic N) is 3. The minimum Gasteiger partial charge on any atom is -0.371 e. The van der Waals surface area contributed by atoms with E-state index < -0.39 is 0 Å². The van der Waals surface area contributed by atoms with Crippen molar-refractivity contribution in [3.8, 4) is 6.07 Å². The van der Waals surface area contributed by atoms with Crippen LogP contribution in [0.4, 0.5) is 5.69 Å². The van der Waals surface area contributed by atoms with Crippen LogP contribution < -0.4 is 4.90 Å². The first-order chi connectivity index (χ1) is 17.8. The molecule has 0 spiro atoms. The predicted octanol–water partition coefficient (Wildman–Crippen LogP) is 7.39. The van der Waals surface area contributed by atoms with Gasteiger partial charge >= 0.3 is 0 Å². The molecule has 1 aliphatic carbocycles. The minimum absolute atomic E-state index is 0.184. The number of aryl methyl sites for hydroxylation is 1. The van der Waals surface area contributed by atoms with Crippen molar-refractivity contribution in [3.63, 3.8) is 0 Å². The fourth-order valence-electron chi connectivity index (χ4n) is 6.82. The van der Waals surface area contributed by atoms with E-state index in [9.17, 15) is 5.26 Å². The van der Waals surface area contributed by atoms with Gasteiger partial charge in [-0.25, -0.2) is 0 Å². The molecule has 0 atom stereocenters. The molecule has 2 heterocycles. The molecule has 1 aromatic heterocycles. The van der Waals surface area contributed by atoms with Gasteiger partial charge in [0.2, 0.25) is 0 Å². The van der Waals surface area contributed by atoms with E-state index in [1.54, 1.807) is 0 Å². The van der Waals surface area contributed by atoms with E-state index in [4.69, 9.17) is 0 Å². The van der Waals surface area contributed by atoms with Crippen LogP contribution in [0, 0.1) is 11.3 Å². The molecule has 2 aliphatic rings. The van der Waals surface area contributed by atoms with E-state index >= 15 is 0 Å². The third-order valence-corrected chi connectivity index (χ3v) is 8.80. The zero-order valence-electron chi connectivity index (χ0n) is 23.4. The first kappa shape index (κ1) is 25.6. The zero-order valence-corrected chi connectivity index (χ0v) is 23.4. The zero-order chi connectivity index (χ0) is 26.3. The van der Waals surface area contributed by atoms with Crippen molar-refractivity contribution >= 4 is 22.2 Å². The van der Waals surface area contributed by atoms with Gasteiger partial charge in [0.15, 0.2) is 0 Å². The molecular formula is C33H42N4. The third-order valence-electron chi connectivity index (χ3n) is 8.80. The van der Waals surface area contributed by atoms with Crippen molar-refractivity contribution in [2.45, 2.75) is 78.2 Å². The summed E-state index contributed by atoms with van der Waals surface area (Å²) in [5.41, 5.74) is 10.5. The number of aromatic amines is 1. The molecule has 1 fully saturated rings. The topological polar surface area (TPSA) is 46.1 Å². The normalized spacial score (nSPS) is 17.2. The van der Waals surface area contributed by atoms with Crippen LogP contribution in [0.5, 0.6) is 0 Å². The van der Waals surface area contributed by atoms with Gasteiger partial charge in [-0.3, -0.25) is 0 Å². The lowest BCUT2D eigenvalue weighted by Gasteiger charge is -2.41. The fourth-order valence-corrected chi connectivity index (χ4v) is 6.82. The van der Waals surface area contributed by atoms with Gasteiger partial charge in [0.05, 0.1) is 11.6 Å². The summed E-state index contributed by atoms with van der Waals surface area (Å²) in [6.45, 7) is 20.8. The lowest BCUT2D eigenvalue weighted by molar-refractivity contribution is 0.169. The maximum absolute atomic E-state index is 9.42. The first-order valence-corrected chi connectivity index (χ1v) is 14.3. The summed E-state index contributed by atoms with van der Waals surface area (Å²) in [6, 6.07) is 13.9. The molecule has 37 heavy (non-hydrogen) atoms. The number of nitriles is 1. The van der Waals surface area contributed by atoms with Gasteiger partial charge in [-0.15, -0.1) is 0 Å². The second-order valence-electron chi connectivity index (χ2n) is 11.5. The number of aromatic nitrogens is 1. The number of H-pyrrole nitrogens is 1. The van der Waals surface area contributed by atoms with Gasteiger partial charge in [-0.2, -0.15) is 5.26 Å². The van der Waals surface area contributed by atoms with Crippen LogP contribution in [0.3, 0.4) is 0 Å². The lowest BCUT2D eigenvalue weighted by atomic mass is 9.69. The maximum Gasteiger partial charge on any atom is 0.0992 e. The Balaban J connectivity index is 1.51. The second kappa shape index (κ2) is 10.0. The fraction of sp³-hybridized carbons (Fsp3) is 0.485. The van der Waals surface area contributed by atoms with Crippen molar-refractivity contribution in [2.75, 3.05) is 31.1 Å². The number of benzene rings is 2. The summed E-state index contributed by atoms with van der Waals surface area (Å²) in [4.78, 5) is 9.06. The van der Waals surface area contributed by atoms with Gasteiger partial charge in [0.1, 0.15) is 0 Å². The Labute approximate surface area is 223 Å². The Kier molecular flexibility index (Phi) is 6.94. The molecule has 0 bridgehead atoms. The summed E-state index contributed by atoms with van der Waals surface area (Å²) in [6.07, 6.45) is 5.96. The molecule has 3 aromatic rings. The molecule has 1 N–H and O–H groups in total. The number of hydrogen-bond donors (Lipinski definition) is 1. The molecule has 5 rings (SSSR count). The van der Waals surface area contributed by atoms with Crippen LogP contribution in [0.1, 0.15) is 93.8 Å². The molecule has 1 aliphatic heterocycles. The smallest absolute Gasteiger partial charge is 0.0992 e. The summed E-state index contributed by atoms with van der Waals surface area (Å²) >= 11 is 0. The Bertz CT molecular complexity index is 1360. The van der Waals surface area contributed by atoms with Crippen molar-refractivity contribution < 1.29 is 0 Å². The summed E-state index contributed by atoms with van der Waals surface area (Å²) in [5, 5.41) is 10.6. The summed E-state index contributed by atoms with van der Waals surface area (Å²) < 4.78 is 0. The standard InChI is InChI=1S/C33H42N4/c1-7-14-36(15-8-2)25-12-16-37(17-13-25)30-20-28-27(19-24(30)9-3)22(4)31-26-11-10-23(21-34)18-29(26)35-32(31)33(28,5)6/h10-11,18-20,25,35H,4,7-9,12-17H2,1-3,5-6H3. The van der Waals surface area contributed by atoms with E-state index in [-0.39, 0.29) is 5.41 Å². The van der Waals surface area contributed by atoms with Crippen LogP contribution in [-0.4, -0.2) is 42.1 Å². The molecule has 0 radical (unpaired) electrons. The van der Waals surface area contributed by atoms with Crippen LogP contribution >= 0.6 is 0 Å². The summed E-state index contributed by atoms with van der Waals surface area (Å²) in [7, 11) is 0. The highest BCUT2D eigenvalue weighted by molar-refractivity contribution is 6.01. The third kappa shape index (κ3) is 4.28. The highest BCUT2D eigenvalue weighted by Crippen LogP contribution is 2.50. The van der Waals surface area contributed by atoms with Gasteiger partial charge in [0.25, 0.3) is 0 Å². The Morgan fingerprint density at radius 3 is 2.41 bits per heavy atom. The number of rotatable bonds is 7. The van der Waals surface area contributed by atoms with E-state index in [2.05, 4.69) is 80.2 Å². The molecular weight excluding hydrogens is 452 g/mol. The molecule has 0 unspecified atom stereocenters. The van der Waals surface area contributed by atoms with Gasteiger partial charge in [-0.05, 0) is 91.7 Å².